The van der Waals surface area contributed by atoms with Crippen molar-refractivity contribution < 1.29 is 30.0 Å². The minimum atomic E-state index is -1.01. The first-order valence-corrected chi connectivity index (χ1v) is 6.21. The molecule has 1 aliphatic rings. The summed E-state index contributed by atoms with van der Waals surface area (Å²) >= 11 is 0. The van der Waals surface area contributed by atoms with Crippen LogP contribution in [0.5, 0.6) is 11.5 Å². The average Bonchev–Trinajstić information content (AvgIpc) is 2.69. The second kappa shape index (κ2) is 5.66. The molecule has 0 radical (unpaired) electrons. The first-order chi connectivity index (χ1) is 9.43. The lowest BCUT2D eigenvalue weighted by atomic mass is 10.0. The molecule has 5 N–H and O–H groups in total. The quantitative estimate of drug-likeness (QED) is 0.470. The molecule has 0 spiro atoms. The summed E-state index contributed by atoms with van der Waals surface area (Å²) in [7, 11) is 0. The van der Waals surface area contributed by atoms with Crippen LogP contribution in [0.1, 0.15) is 17.3 Å². The fraction of sp³-hybridized carbons (Fsp3) is 0.462. The van der Waals surface area contributed by atoms with Gasteiger partial charge in [-0.1, -0.05) is 0 Å². The summed E-state index contributed by atoms with van der Waals surface area (Å²) < 4.78 is 5.31. The third-order valence-electron chi connectivity index (χ3n) is 3.36. The second-order valence-electron chi connectivity index (χ2n) is 4.76. The monoisotopic (exact) mass is 283 g/mol. The highest BCUT2D eigenvalue weighted by Crippen LogP contribution is 2.25. The Balaban J connectivity index is 2.09. The Bertz CT molecular complexity index is 506. The van der Waals surface area contributed by atoms with Crippen LogP contribution in [0.25, 0.3) is 0 Å². The fourth-order valence-electron chi connectivity index (χ4n) is 2.20. The first-order valence-electron chi connectivity index (χ1n) is 6.21. The van der Waals surface area contributed by atoms with Crippen molar-refractivity contribution in [3.63, 3.8) is 0 Å². The maximum absolute atomic E-state index is 12.0. The van der Waals surface area contributed by atoms with E-state index in [4.69, 9.17) is 9.84 Å². The van der Waals surface area contributed by atoms with E-state index in [9.17, 15) is 20.1 Å². The third kappa shape index (κ3) is 2.69. The number of aliphatic hydroxyl groups is 2. The molecule has 1 amide bonds. The lowest BCUT2D eigenvalue weighted by molar-refractivity contribution is -0.0170. The summed E-state index contributed by atoms with van der Waals surface area (Å²) in [6.45, 7) is 1.34. The molecule has 110 valence electrons. The van der Waals surface area contributed by atoms with Crippen LogP contribution in [0, 0.1) is 0 Å². The van der Waals surface area contributed by atoms with Gasteiger partial charge in [-0.25, -0.2) is 0 Å². The number of hydrogen-bond acceptors (Lipinski definition) is 6. The van der Waals surface area contributed by atoms with Gasteiger partial charge in [0.15, 0.2) is 11.5 Å². The van der Waals surface area contributed by atoms with Crippen molar-refractivity contribution in [1.29, 1.82) is 0 Å². The molecule has 1 unspecified atom stereocenters. The van der Waals surface area contributed by atoms with Gasteiger partial charge in [-0.15, -0.1) is 0 Å². The van der Waals surface area contributed by atoms with Gasteiger partial charge in [-0.2, -0.15) is 0 Å². The number of aromatic hydroxyl groups is 2. The highest BCUT2D eigenvalue weighted by atomic mass is 16.5. The number of carbonyl (C=O) groups excluding carboxylic acids is 1. The topological polar surface area (TPSA) is 119 Å². The first kappa shape index (κ1) is 14.6. The normalized spacial score (nSPS) is 29.4. The van der Waals surface area contributed by atoms with Crippen LogP contribution in [0.2, 0.25) is 0 Å². The molecule has 1 aromatic rings. The van der Waals surface area contributed by atoms with Crippen LogP contribution in [0.3, 0.4) is 0 Å². The molecular formula is C13H17NO6. The van der Waals surface area contributed by atoms with E-state index >= 15 is 0 Å². The van der Waals surface area contributed by atoms with Crippen LogP contribution in [0.15, 0.2) is 18.2 Å². The van der Waals surface area contributed by atoms with Gasteiger partial charge in [-0.05, 0) is 25.1 Å². The number of carbonyl (C=O) groups is 1. The number of rotatable bonds is 3. The lowest BCUT2D eigenvalue weighted by Crippen LogP contribution is -2.47. The number of benzene rings is 1. The van der Waals surface area contributed by atoms with E-state index in [0.29, 0.717) is 0 Å². The average molecular weight is 283 g/mol. The number of amides is 1. The van der Waals surface area contributed by atoms with E-state index in [1.807, 2.05) is 0 Å². The lowest BCUT2D eigenvalue weighted by Gasteiger charge is -2.19. The van der Waals surface area contributed by atoms with Crippen LogP contribution in [-0.4, -0.2) is 57.3 Å². The zero-order chi connectivity index (χ0) is 14.9. The summed E-state index contributed by atoms with van der Waals surface area (Å²) in [4.78, 5) is 12.0. The Kier molecular flexibility index (Phi) is 4.12. The Morgan fingerprint density at radius 2 is 2.05 bits per heavy atom. The number of phenolic OH excluding ortho intramolecular Hbond substituents is 2. The molecule has 7 heteroatoms. The molecule has 4 atom stereocenters. The van der Waals surface area contributed by atoms with Crippen molar-refractivity contribution in [2.75, 3.05) is 6.61 Å². The molecule has 0 aliphatic carbocycles. The molecule has 1 heterocycles. The van der Waals surface area contributed by atoms with Crippen LogP contribution >= 0.6 is 0 Å². The molecule has 0 bridgehead atoms. The van der Waals surface area contributed by atoms with Gasteiger partial charge < -0.3 is 30.5 Å². The molecule has 0 saturated carbocycles. The van der Waals surface area contributed by atoms with E-state index in [0.717, 1.165) is 6.07 Å². The number of ether oxygens (including phenoxy) is 1. The highest BCUT2D eigenvalue weighted by molar-refractivity contribution is 5.95. The van der Waals surface area contributed by atoms with Crippen LogP contribution < -0.4 is 5.32 Å². The summed E-state index contributed by atoms with van der Waals surface area (Å²) in [5.74, 6) is -1.24. The molecule has 1 fully saturated rings. The molecule has 1 aliphatic heterocycles. The van der Waals surface area contributed by atoms with E-state index in [-0.39, 0.29) is 17.9 Å². The molecule has 1 aromatic carbocycles. The van der Waals surface area contributed by atoms with Crippen molar-refractivity contribution in [2.24, 2.45) is 0 Å². The molecule has 1 saturated heterocycles. The molecule has 0 aromatic heterocycles. The number of nitrogens with one attached hydrogen (secondary N) is 1. The van der Waals surface area contributed by atoms with E-state index in [2.05, 4.69) is 5.32 Å². The Hall–Kier alpha value is -1.83. The minimum absolute atomic E-state index is 0.146. The van der Waals surface area contributed by atoms with Crippen molar-refractivity contribution in [3.05, 3.63) is 23.8 Å². The van der Waals surface area contributed by atoms with Crippen molar-refractivity contribution >= 4 is 5.91 Å². The van der Waals surface area contributed by atoms with Crippen molar-refractivity contribution in [2.45, 2.75) is 31.3 Å². The zero-order valence-electron chi connectivity index (χ0n) is 10.9. The zero-order valence-corrected chi connectivity index (χ0v) is 10.9. The SMILES string of the molecule is C[C@@H]1O[C@H](CO)[C@H](O)C1NC(=O)c1ccc(O)c(O)c1. The van der Waals surface area contributed by atoms with Crippen molar-refractivity contribution in [1.82, 2.24) is 5.32 Å². The number of aliphatic hydroxyl groups excluding tert-OH is 2. The highest BCUT2D eigenvalue weighted by Gasteiger charge is 2.41. The van der Waals surface area contributed by atoms with E-state index in [1.165, 1.54) is 12.1 Å². The van der Waals surface area contributed by atoms with E-state index in [1.54, 1.807) is 6.92 Å². The molecule has 2 rings (SSSR count). The smallest absolute Gasteiger partial charge is 0.251 e. The predicted octanol–water partition coefficient (Wildman–Crippen LogP) is -0.663. The summed E-state index contributed by atoms with van der Waals surface area (Å²) in [5.41, 5.74) is 0.146. The minimum Gasteiger partial charge on any atom is -0.504 e. The van der Waals surface area contributed by atoms with Gasteiger partial charge in [0.05, 0.1) is 18.8 Å². The Morgan fingerprint density at radius 1 is 1.35 bits per heavy atom. The van der Waals surface area contributed by atoms with Gasteiger partial charge >= 0.3 is 0 Å². The molecular weight excluding hydrogens is 266 g/mol. The maximum atomic E-state index is 12.0. The summed E-state index contributed by atoms with van der Waals surface area (Å²) in [6.07, 6.45) is -2.19. The number of hydrogen-bond donors (Lipinski definition) is 5. The van der Waals surface area contributed by atoms with Gasteiger partial charge in [0, 0.05) is 5.56 Å². The maximum Gasteiger partial charge on any atom is 0.251 e. The van der Waals surface area contributed by atoms with Crippen LogP contribution in [-0.2, 0) is 4.74 Å². The largest absolute Gasteiger partial charge is 0.504 e. The van der Waals surface area contributed by atoms with Crippen molar-refractivity contribution in [3.8, 4) is 11.5 Å². The predicted molar refractivity (Wildman–Crippen MR) is 68.5 cm³/mol. The Morgan fingerprint density at radius 3 is 2.60 bits per heavy atom. The summed E-state index contributed by atoms with van der Waals surface area (Å²) in [5, 5.41) is 40.1. The second-order valence-corrected chi connectivity index (χ2v) is 4.76. The summed E-state index contributed by atoms with van der Waals surface area (Å²) in [6, 6.07) is 3.02. The van der Waals surface area contributed by atoms with Gasteiger partial charge in [0.2, 0.25) is 0 Å². The van der Waals surface area contributed by atoms with Gasteiger partial charge in [0.1, 0.15) is 12.2 Å². The van der Waals surface area contributed by atoms with E-state index < -0.39 is 36.0 Å². The molecule has 7 nitrogen and oxygen atoms in total. The fourth-order valence-corrected chi connectivity index (χ4v) is 2.20. The van der Waals surface area contributed by atoms with Crippen LogP contribution in [0.4, 0.5) is 0 Å². The number of phenols is 2. The Labute approximate surface area is 115 Å². The van der Waals surface area contributed by atoms with Gasteiger partial charge in [-0.3, -0.25) is 4.79 Å². The van der Waals surface area contributed by atoms with Gasteiger partial charge in [0.25, 0.3) is 5.91 Å². The molecule has 20 heavy (non-hydrogen) atoms. The third-order valence-corrected chi connectivity index (χ3v) is 3.36. The standard InChI is InChI=1S/C13H17NO6/c1-6-11(12(18)10(5-15)20-6)14-13(19)7-2-3-8(16)9(17)4-7/h2-4,6,10-12,15-18H,5H2,1H3,(H,14,19)/t6-,10+,11?,12-/m0/s1.